The first kappa shape index (κ1) is 11.9. The highest BCUT2D eigenvalue weighted by molar-refractivity contribution is 9.09. The third-order valence-electron chi connectivity index (χ3n) is 2.82. The van der Waals surface area contributed by atoms with E-state index in [0.717, 1.165) is 30.6 Å². The second-order valence-corrected chi connectivity index (χ2v) is 4.94. The number of halogens is 1. The molecule has 88 valence electrons. The Bertz CT molecular complexity index is 304. The first-order valence-corrected chi connectivity index (χ1v) is 7.03. The Morgan fingerprint density at radius 1 is 1.31 bits per heavy atom. The number of nitrogens with one attached hydrogen (secondary N) is 1. The van der Waals surface area contributed by atoms with Gasteiger partial charge in [0.25, 0.3) is 0 Å². The molecule has 16 heavy (non-hydrogen) atoms. The highest BCUT2D eigenvalue weighted by Crippen LogP contribution is 2.27. The average Bonchev–Trinajstić information content (AvgIpc) is 2.71. The van der Waals surface area contributed by atoms with Crippen LogP contribution in [0.15, 0.2) is 24.3 Å². The van der Waals surface area contributed by atoms with Crippen LogP contribution < -0.4 is 10.1 Å². The van der Waals surface area contributed by atoms with Crippen molar-refractivity contribution in [2.75, 3.05) is 18.4 Å². The first-order chi connectivity index (χ1) is 7.90. The molecule has 1 aromatic carbocycles. The van der Waals surface area contributed by atoms with Crippen LogP contribution in [0.4, 0.5) is 0 Å². The molecule has 1 N–H and O–H groups in total. The normalized spacial score (nSPS) is 18.2. The summed E-state index contributed by atoms with van der Waals surface area (Å²) in [5.41, 5.74) is 1.34. The number of alkyl halides is 1. The zero-order valence-corrected chi connectivity index (χ0v) is 11.0. The number of ether oxygens (including phenoxy) is 1. The molecule has 1 aromatic rings. The smallest absolute Gasteiger partial charge is 0.123 e. The van der Waals surface area contributed by atoms with Crippen molar-refractivity contribution in [2.45, 2.75) is 25.4 Å². The van der Waals surface area contributed by atoms with Crippen LogP contribution in [0.3, 0.4) is 0 Å². The number of para-hydroxylation sites is 1. The van der Waals surface area contributed by atoms with Gasteiger partial charge in [-0.1, -0.05) is 34.1 Å². The van der Waals surface area contributed by atoms with Gasteiger partial charge in [-0.15, -0.1) is 0 Å². The molecule has 0 amide bonds. The Morgan fingerprint density at radius 3 is 3.00 bits per heavy atom. The standard InChI is InChI=1S/C13H18BrNO/c14-7-3-4-8-15-10-12-9-11-5-1-2-6-13(11)16-12/h1-2,5-6,12,15H,3-4,7-10H2. The monoisotopic (exact) mass is 283 g/mol. The number of benzene rings is 1. The predicted molar refractivity (Wildman–Crippen MR) is 70.5 cm³/mol. The lowest BCUT2D eigenvalue weighted by Crippen LogP contribution is -2.30. The Morgan fingerprint density at radius 2 is 2.19 bits per heavy atom. The Kier molecular flexibility index (Phi) is 4.67. The molecular weight excluding hydrogens is 266 g/mol. The van der Waals surface area contributed by atoms with Crippen molar-refractivity contribution in [2.24, 2.45) is 0 Å². The van der Waals surface area contributed by atoms with E-state index in [1.54, 1.807) is 0 Å². The van der Waals surface area contributed by atoms with Gasteiger partial charge in [0.2, 0.25) is 0 Å². The number of rotatable bonds is 6. The zero-order valence-electron chi connectivity index (χ0n) is 9.42. The van der Waals surface area contributed by atoms with Crippen LogP contribution >= 0.6 is 15.9 Å². The summed E-state index contributed by atoms with van der Waals surface area (Å²) in [6.07, 6.45) is 3.83. The van der Waals surface area contributed by atoms with Crippen LogP contribution in [-0.2, 0) is 6.42 Å². The summed E-state index contributed by atoms with van der Waals surface area (Å²) in [6, 6.07) is 8.32. The summed E-state index contributed by atoms with van der Waals surface area (Å²) in [6.45, 7) is 2.04. The van der Waals surface area contributed by atoms with Crippen molar-refractivity contribution >= 4 is 15.9 Å². The summed E-state index contributed by atoms with van der Waals surface area (Å²) >= 11 is 3.43. The number of unbranched alkanes of at least 4 members (excludes halogenated alkanes) is 1. The van der Waals surface area contributed by atoms with Crippen LogP contribution in [0.25, 0.3) is 0 Å². The summed E-state index contributed by atoms with van der Waals surface area (Å²) in [5, 5.41) is 4.55. The highest BCUT2D eigenvalue weighted by atomic mass is 79.9. The Balaban J connectivity index is 1.67. The fourth-order valence-corrected chi connectivity index (χ4v) is 2.37. The van der Waals surface area contributed by atoms with Crippen LogP contribution in [0.1, 0.15) is 18.4 Å². The van der Waals surface area contributed by atoms with Crippen LogP contribution in [0, 0.1) is 0 Å². The molecule has 0 aliphatic carbocycles. The largest absolute Gasteiger partial charge is 0.488 e. The second kappa shape index (κ2) is 6.26. The number of hydrogen-bond donors (Lipinski definition) is 1. The van der Waals surface area contributed by atoms with Crippen molar-refractivity contribution in [3.63, 3.8) is 0 Å². The molecule has 2 rings (SSSR count). The fourth-order valence-electron chi connectivity index (χ4n) is 1.98. The van der Waals surface area contributed by atoms with Gasteiger partial charge in [-0.3, -0.25) is 0 Å². The quantitative estimate of drug-likeness (QED) is 0.640. The lowest BCUT2D eigenvalue weighted by Gasteiger charge is -2.11. The molecule has 0 spiro atoms. The van der Waals surface area contributed by atoms with E-state index >= 15 is 0 Å². The molecule has 0 bridgehead atoms. The average molecular weight is 284 g/mol. The zero-order chi connectivity index (χ0) is 11.2. The maximum atomic E-state index is 5.84. The molecule has 3 heteroatoms. The topological polar surface area (TPSA) is 21.3 Å². The van der Waals surface area contributed by atoms with Gasteiger partial charge in [0.05, 0.1) is 0 Å². The van der Waals surface area contributed by atoms with E-state index in [2.05, 4.69) is 39.4 Å². The van der Waals surface area contributed by atoms with Gasteiger partial charge in [0, 0.05) is 18.3 Å². The number of fused-ring (bicyclic) bond motifs is 1. The predicted octanol–water partition coefficient (Wildman–Crippen LogP) is 2.75. The minimum absolute atomic E-state index is 0.321. The maximum Gasteiger partial charge on any atom is 0.123 e. The fraction of sp³-hybridized carbons (Fsp3) is 0.538. The van der Waals surface area contributed by atoms with Gasteiger partial charge in [-0.05, 0) is 31.0 Å². The molecule has 0 saturated carbocycles. The van der Waals surface area contributed by atoms with E-state index in [0.29, 0.717) is 6.10 Å². The molecule has 1 unspecified atom stereocenters. The van der Waals surface area contributed by atoms with E-state index in [-0.39, 0.29) is 0 Å². The van der Waals surface area contributed by atoms with Gasteiger partial charge >= 0.3 is 0 Å². The van der Waals surface area contributed by atoms with Crippen molar-refractivity contribution < 1.29 is 4.74 Å². The van der Waals surface area contributed by atoms with E-state index in [1.807, 2.05) is 6.07 Å². The van der Waals surface area contributed by atoms with Gasteiger partial charge < -0.3 is 10.1 Å². The molecular formula is C13H18BrNO. The summed E-state index contributed by atoms with van der Waals surface area (Å²) in [4.78, 5) is 0. The van der Waals surface area contributed by atoms with Crippen LogP contribution in [-0.4, -0.2) is 24.5 Å². The van der Waals surface area contributed by atoms with Crippen LogP contribution in [0.5, 0.6) is 5.75 Å². The lowest BCUT2D eigenvalue weighted by atomic mass is 10.1. The lowest BCUT2D eigenvalue weighted by molar-refractivity contribution is 0.227. The summed E-state index contributed by atoms with van der Waals surface area (Å²) in [7, 11) is 0. The second-order valence-electron chi connectivity index (χ2n) is 4.15. The van der Waals surface area contributed by atoms with E-state index in [1.165, 1.54) is 18.4 Å². The van der Waals surface area contributed by atoms with Crippen LogP contribution in [0.2, 0.25) is 0 Å². The SMILES string of the molecule is BrCCCCNCC1Cc2ccccc2O1. The molecule has 1 atom stereocenters. The highest BCUT2D eigenvalue weighted by Gasteiger charge is 2.21. The van der Waals surface area contributed by atoms with Gasteiger partial charge in [-0.2, -0.15) is 0 Å². The first-order valence-electron chi connectivity index (χ1n) is 5.91. The third kappa shape index (κ3) is 3.22. The van der Waals surface area contributed by atoms with Crippen molar-refractivity contribution in [1.82, 2.24) is 5.32 Å². The van der Waals surface area contributed by atoms with E-state index in [9.17, 15) is 0 Å². The van der Waals surface area contributed by atoms with Crippen molar-refractivity contribution in [1.29, 1.82) is 0 Å². The van der Waals surface area contributed by atoms with Crippen molar-refractivity contribution in [3.8, 4) is 5.75 Å². The Hall–Kier alpha value is -0.540. The maximum absolute atomic E-state index is 5.84. The van der Waals surface area contributed by atoms with Gasteiger partial charge in [0.15, 0.2) is 0 Å². The minimum Gasteiger partial charge on any atom is -0.488 e. The third-order valence-corrected chi connectivity index (χ3v) is 3.38. The molecule has 0 aromatic heterocycles. The number of hydrogen-bond acceptors (Lipinski definition) is 2. The molecule has 1 heterocycles. The molecule has 0 radical (unpaired) electrons. The molecule has 1 aliphatic heterocycles. The van der Waals surface area contributed by atoms with E-state index in [4.69, 9.17) is 4.74 Å². The van der Waals surface area contributed by atoms with Gasteiger partial charge in [0.1, 0.15) is 11.9 Å². The molecule has 0 saturated heterocycles. The Labute approximate surface area is 106 Å². The molecule has 2 nitrogen and oxygen atoms in total. The minimum atomic E-state index is 0.321. The van der Waals surface area contributed by atoms with E-state index < -0.39 is 0 Å². The van der Waals surface area contributed by atoms with Crippen molar-refractivity contribution in [3.05, 3.63) is 29.8 Å². The summed E-state index contributed by atoms with van der Waals surface area (Å²) in [5.74, 6) is 1.06. The van der Waals surface area contributed by atoms with Gasteiger partial charge in [-0.25, -0.2) is 0 Å². The summed E-state index contributed by atoms with van der Waals surface area (Å²) < 4.78 is 5.84. The molecule has 0 fully saturated rings. The molecule has 1 aliphatic rings.